The number of ether oxygens (including phenoxy) is 1. The van der Waals surface area contributed by atoms with E-state index in [1.807, 2.05) is 16.4 Å². The summed E-state index contributed by atoms with van der Waals surface area (Å²) in [5.74, 6) is -2.26. The Labute approximate surface area is 211 Å². The Bertz CT molecular complexity index is 1150. The molecule has 196 valence electrons. The highest BCUT2D eigenvalue weighted by molar-refractivity contribution is 5.94. The van der Waals surface area contributed by atoms with E-state index >= 15 is 0 Å². The van der Waals surface area contributed by atoms with Crippen molar-refractivity contribution in [1.82, 2.24) is 26.1 Å². The third kappa shape index (κ3) is 6.46. The Hall–Kier alpha value is -3.89. The largest absolute Gasteiger partial charge is 0.492 e. The number of carbonyl (C=O) groups excluding carboxylic acids is 2. The Morgan fingerprint density at radius 2 is 2.00 bits per heavy atom. The van der Waals surface area contributed by atoms with E-state index in [4.69, 9.17) is 10.00 Å². The zero-order valence-corrected chi connectivity index (χ0v) is 19.8. The fraction of sp³-hybridized carbons (Fsp3) is 0.417. The topological polar surface area (TPSA) is 123 Å². The van der Waals surface area contributed by atoms with Gasteiger partial charge in [-0.3, -0.25) is 15.0 Å². The standard InChI is InChI=1S/C24H26F3N7O3/c25-24(26,27)21-19(15-31-32-22(21)35)29-6-11-37-18-3-1-2-17(12-18)23(36)34-9-7-33(8-10-34)20-5-4-16(13-28)14-30-20/h1-5,12,14,19,21,29,31H,6-11,15H2,(H,32,35). The van der Waals surface area contributed by atoms with Crippen molar-refractivity contribution in [2.24, 2.45) is 5.92 Å². The van der Waals surface area contributed by atoms with Crippen LogP contribution < -0.4 is 25.8 Å². The van der Waals surface area contributed by atoms with Gasteiger partial charge in [0, 0.05) is 57.1 Å². The van der Waals surface area contributed by atoms with Crippen LogP contribution in [0.3, 0.4) is 0 Å². The number of aromatic nitrogens is 1. The number of hydrazine groups is 1. The molecule has 0 spiro atoms. The number of alkyl halides is 3. The number of nitrogens with zero attached hydrogens (tertiary/aromatic N) is 4. The molecule has 0 radical (unpaired) electrons. The lowest BCUT2D eigenvalue weighted by atomic mass is 9.96. The molecule has 2 amide bonds. The molecule has 2 saturated heterocycles. The highest BCUT2D eigenvalue weighted by Crippen LogP contribution is 2.30. The molecular formula is C24H26F3N7O3. The van der Waals surface area contributed by atoms with Crippen molar-refractivity contribution in [3.8, 4) is 11.8 Å². The van der Waals surface area contributed by atoms with Gasteiger partial charge in [-0.2, -0.15) is 18.4 Å². The summed E-state index contributed by atoms with van der Waals surface area (Å²) in [5, 5.41) is 11.6. The number of piperazine rings is 1. The predicted octanol–water partition coefficient (Wildman–Crippen LogP) is 1.07. The van der Waals surface area contributed by atoms with Crippen LogP contribution in [0.25, 0.3) is 0 Å². The quantitative estimate of drug-likeness (QED) is 0.467. The molecule has 2 aliphatic rings. The smallest absolute Gasteiger partial charge is 0.402 e. The Kier molecular flexibility index (Phi) is 8.10. The first-order chi connectivity index (χ1) is 17.8. The molecule has 10 nitrogen and oxygen atoms in total. The SMILES string of the molecule is N#Cc1ccc(N2CCN(C(=O)c3cccc(OCCNC4CNNC(=O)C4C(F)(F)F)c3)CC2)nc1. The van der Waals surface area contributed by atoms with E-state index in [2.05, 4.69) is 15.7 Å². The summed E-state index contributed by atoms with van der Waals surface area (Å²) in [6.45, 7) is 2.25. The molecule has 2 aliphatic heterocycles. The van der Waals surface area contributed by atoms with Crippen molar-refractivity contribution in [3.05, 3.63) is 53.7 Å². The van der Waals surface area contributed by atoms with E-state index in [1.165, 1.54) is 6.20 Å². The van der Waals surface area contributed by atoms with E-state index in [-0.39, 0.29) is 25.6 Å². The number of nitriles is 1. The summed E-state index contributed by atoms with van der Waals surface area (Å²) >= 11 is 0. The third-order valence-electron chi connectivity index (χ3n) is 6.20. The second-order valence-electron chi connectivity index (χ2n) is 8.62. The summed E-state index contributed by atoms with van der Waals surface area (Å²) in [5.41, 5.74) is 5.39. The minimum absolute atomic E-state index is 0.0522. The van der Waals surface area contributed by atoms with E-state index < -0.39 is 24.0 Å². The molecule has 2 aromatic rings. The number of halogens is 3. The maximum atomic E-state index is 13.2. The number of nitrogens with one attached hydrogen (secondary N) is 3. The molecule has 1 aromatic heterocycles. The van der Waals surface area contributed by atoms with Gasteiger partial charge in [-0.1, -0.05) is 6.07 Å². The van der Waals surface area contributed by atoms with Gasteiger partial charge in [0.2, 0.25) is 5.91 Å². The molecule has 13 heteroatoms. The lowest BCUT2D eigenvalue weighted by molar-refractivity contribution is -0.192. The summed E-state index contributed by atoms with van der Waals surface area (Å²) in [6.07, 6.45) is -3.14. The van der Waals surface area contributed by atoms with E-state index in [0.717, 1.165) is 5.82 Å². The number of pyridine rings is 1. The summed E-state index contributed by atoms with van der Waals surface area (Å²) in [7, 11) is 0. The number of hydrogen-bond donors (Lipinski definition) is 3. The first-order valence-corrected chi connectivity index (χ1v) is 11.7. The van der Waals surface area contributed by atoms with Gasteiger partial charge in [-0.05, 0) is 30.3 Å². The van der Waals surface area contributed by atoms with Gasteiger partial charge in [-0.15, -0.1) is 0 Å². The Morgan fingerprint density at radius 1 is 1.22 bits per heavy atom. The van der Waals surface area contributed by atoms with Gasteiger partial charge in [0.25, 0.3) is 5.91 Å². The highest BCUT2D eigenvalue weighted by atomic mass is 19.4. The molecule has 3 N–H and O–H groups in total. The first-order valence-electron chi connectivity index (χ1n) is 11.7. The maximum absolute atomic E-state index is 13.2. The van der Waals surface area contributed by atoms with Crippen LogP contribution >= 0.6 is 0 Å². The second kappa shape index (κ2) is 11.4. The van der Waals surface area contributed by atoms with Gasteiger partial charge in [0.1, 0.15) is 24.2 Å². The average Bonchev–Trinajstić information content (AvgIpc) is 2.90. The summed E-state index contributed by atoms with van der Waals surface area (Å²) < 4.78 is 45.3. The number of rotatable bonds is 7. The zero-order valence-electron chi connectivity index (χ0n) is 19.8. The maximum Gasteiger partial charge on any atom is 0.402 e. The van der Waals surface area contributed by atoms with Crippen LogP contribution in [0.2, 0.25) is 0 Å². The van der Waals surface area contributed by atoms with Crippen molar-refractivity contribution in [2.45, 2.75) is 12.2 Å². The van der Waals surface area contributed by atoms with Crippen molar-refractivity contribution >= 4 is 17.6 Å². The van der Waals surface area contributed by atoms with Gasteiger partial charge in [0.15, 0.2) is 5.92 Å². The normalized spacial score (nSPS) is 20.2. The fourth-order valence-electron chi connectivity index (χ4n) is 4.29. The third-order valence-corrected chi connectivity index (χ3v) is 6.20. The van der Waals surface area contributed by atoms with Crippen LogP contribution in [-0.2, 0) is 4.79 Å². The first kappa shape index (κ1) is 26.2. The van der Waals surface area contributed by atoms with Gasteiger partial charge in [-0.25, -0.2) is 10.4 Å². The zero-order chi connectivity index (χ0) is 26.4. The molecular weight excluding hydrogens is 491 g/mol. The molecule has 2 unspecified atom stereocenters. The van der Waals surface area contributed by atoms with E-state index in [9.17, 15) is 22.8 Å². The van der Waals surface area contributed by atoms with Crippen LogP contribution in [0.1, 0.15) is 15.9 Å². The minimum Gasteiger partial charge on any atom is -0.492 e. The van der Waals surface area contributed by atoms with Crippen molar-refractivity contribution in [2.75, 3.05) is 50.8 Å². The molecule has 4 rings (SSSR count). The fourth-order valence-corrected chi connectivity index (χ4v) is 4.29. The van der Waals surface area contributed by atoms with E-state index in [1.54, 1.807) is 41.3 Å². The number of anilines is 1. The van der Waals surface area contributed by atoms with Crippen LogP contribution in [0.5, 0.6) is 5.75 Å². The van der Waals surface area contributed by atoms with Crippen LogP contribution in [0, 0.1) is 17.2 Å². The number of hydrogen-bond acceptors (Lipinski definition) is 8. The van der Waals surface area contributed by atoms with Crippen LogP contribution in [0.4, 0.5) is 19.0 Å². The Morgan fingerprint density at radius 3 is 2.68 bits per heavy atom. The van der Waals surface area contributed by atoms with Crippen molar-refractivity contribution in [3.63, 3.8) is 0 Å². The molecule has 2 atom stereocenters. The summed E-state index contributed by atoms with van der Waals surface area (Å²) in [6, 6.07) is 11.0. The molecule has 2 fully saturated rings. The number of carbonyl (C=O) groups is 2. The van der Waals surface area contributed by atoms with Crippen molar-refractivity contribution < 1.29 is 27.5 Å². The Balaban J connectivity index is 1.26. The molecule has 0 bridgehead atoms. The molecule has 0 aliphatic carbocycles. The monoisotopic (exact) mass is 517 g/mol. The molecule has 37 heavy (non-hydrogen) atoms. The lowest BCUT2D eigenvalue weighted by Gasteiger charge is -2.35. The van der Waals surface area contributed by atoms with Crippen LogP contribution in [-0.4, -0.2) is 79.8 Å². The number of benzene rings is 1. The summed E-state index contributed by atoms with van der Waals surface area (Å²) in [4.78, 5) is 32.7. The second-order valence-corrected chi connectivity index (χ2v) is 8.62. The van der Waals surface area contributed by atoms with Crippen molar-refractivity contribution in [1.29, 1.82) is 5.26 Å². The lowest BCUT2D eigenvalue weighted by Crippen LogP contribution is -2.63. The number of amides is 2. The predicted molar refractivity (Wildman–Crippen MR) is 126 cm³/mol. The van der Waals surface area contributed by atoms with Gasteiger partial charge in [0.05, 0.1) is 5.56 Å². The van der Waals surface area contributed by atoms with Gasteiger partial charge >= 0.3 is 6.18 Å². The minimum atomic E-state index is -4.66. The average molecular weight is 518 g/mol. The molecule has 3 heterocycles. The molecule has 1 aromatic carbocycles. The van der Waals surface area contributed by atoms with Gasteiger partial charge < -0.3 is 19.9 Å². The van der Waals surface area contributed by atoms with Crippen LogP contribution in [0.15, 0.2) is 42.6 Å². The van der Waals surface area contributed by atoms with E-state index in [0.29, 0.717) is 43.1 Å². The molecule has 0 saturated carbocycles. The highest BCUT2D eigenvalue weighted by Gasteiger charge is 2.51.